The largest absolute Gasteiger partial charge is 0.444 e. The van der Waals surface area contributed by atoms with E-state index < -0.39 is 5.60 Å². The molecule has 1 atom stereocenters. The van der Waals surface area contributed by atoms with Gasteiger partial charge in [0.1, 0.15) is 11.4 Å². The van der Waals surface area contributed by atoms with Gasteiger partial charge in [-0.15, -0.1) is 0 Å². The maximum absolute atomic E-state index is 12.5. The fourth-order valence-corrected chi connectivity index (χ4v) is 3.59. The van der Waals surface area contributed by atoms with E-state index in [0.717, 1.165) is 25.7 Å². The van der Waals surface area contributed by atoms with Crippen molar-refractivity contribution in [3.8, 4) is 0 Å². The molecule has 2 aliphatic rings. The third-order valence-corrected chi connectivity index (χ3v) is 4.73. The number of aromatic nitrogens is 3. The summed E-state index contributed by atoms with van der Waals surface area (Å²) in [5.41, 5.74) is -0.942. The quantitative estimate of drug-likeness (QED) is 0.773. The molecule has 1 spiro atoms. The molecule has 1 aromatic heterocycles. The molecule has 23 heavy (non-hydrogen) atoms. The number of H-pyrrole nitrogens is 2. The van der Waals surface area contributed by atoms with E-state index in [-0.39, 0.29) is 23.4 Å². The number of rotatable bonds is 3. The van der Waals surface area contributed by atoms with Crippen LogP contribution in [-0.4, -0.2) is 49.9 Å². The van der Waals surface area contributed by atoms with Crippen LogP contribution >= 0.6 is 0 Å². The predicted molar refractivity (Wildman–Crippen MR) is 84.0 cm³/mol. The van der Waals surface area contributed by atoms with E-state index in [0.29, 0.717) is 18.9 Å². The molecule has 3 rings (SSSR count). The standard InChI is InChI=1S/C15H25N5O3/c1-14(2,3)23-13(22)20-8-5-10(15(20)6-4-7-15)16-9-11-17-12(21)19-18-11/h10,16H,4-9H2,1-3H3,(H2,17,18,19,21). The Morgan fingerprint density at radius 3 is 2.74 bits per heavy atom. The van der Waals surface area contributed by atoms with Crippen LogP contribution in [-0.2, 0) is 11.3 Å². The van der Waals surface area contributed by atoms with Crippen LogP contribution in [0.1, 0.15) is 52.3 Å². The highest BCUT2D eigenvalue weighted by molar-refractivity contribution is 5.70. The van der Waals surface area contributed by atoms with Crippen LogP contribution < -0.4 is 11.0 Å². The van der Waals surface area contributed by atoms with Crippen molar-refractivity contribution in [1.82, 2.24) is 25.4 Å². The number of carbonyl (C=O) groups excluding carboxylic acids is 1. The van der Waals surface area contributed by atoms with Crippen LogP contribution in [0.5, 0.6) is 0 Å². The molecular formula is C15H25N5O3. The third kappa shape index (κ3) is 3.12. The Morgan fingerprint density at radius 2 is 2.22 bits per heavy atom. The van der Waals surface area contributed by atoms with Gasteiger partial charge < -0.3 is 15.0 Å². The third-order valence-electron chi connectivity index (χ3n) is 4.73. The monoisotopic (exact) mass is 323 g/mol. The zero-order valence-corrected chi connectivity index (χ0v) is 13.9. The highest BCUT2D eigenvalue weighted by Gasteiger charge is 2.55. The maximum Gasteiger partial charge on any atom is 0.410 e. The molecule has 1 aliphatic heterocycles. The first-order chi connectivity index (χ1) is 10.8. The number of ether oxygens (including phenoxy) is 1. The molecule has 2 fully saturated rings. The van der Waals surface area contributed by atoms with E-state index in [1.165, 1.54) is 0 Å². The predicted octanol–water partition coefficient (Wildman–Crippen LogP) is 1.12. The van der Waals surface area contributed by atoms with Crippen LogP contribution in [0.2, 0.25) is 0 Å². The van der Waals surface area contributed by atoms with Crippen molar-refractivity contribution in [2.75, 3.05) is 6.54 Å². The average molecular weight is 323 g/mol. The molecule has 0 aromatic carbocycles. The summed E-state index contributed by atoms with van der Waals surface area (Å²) in [5, 5.41) is 9.72. The number of likely N-dealkylation sites (tertiary alicyclic amines) is 1. The lowest BCUT2D eigenvalue weighted by Crippen LogP contribution is -2.61. The number of nitrogens with zero attached hydrogens (tertiary/aromatic N) is 2. The summed E-state index contributed by atoms with van der Waals surface area (Å²) in [6.45, 7) is 6.84. The highest BCUT2D eigenvalue weighted by atomic mass is 16.6. The summed E-state index contributed by atoms with van der Waals surface area (Å²) in [7, 11) is 0. The zero-order chi connectivity index (χ0) is 16.7. The lowest BCUT2D eigenvalue weighted by atomic mass is 9.72. The van der Waals surface area contributed by atoms with Crippen molar-refractivity contribution in [3.05, 3.63) is 16.3 Å². The van der Waals surface area contributed by atoms with Gasteiger partial charge in [-0.3, -0.25) is 4.98 Å². The minimum absolute atomic E-state index is 0.154. The molecule has 8 nitrogen and oxygen atoms in total. The van der Waals surface area contributed by atoms with Crippen LogP contribution in [0, 0.1) is 0 Å². The van der Waals surface area contributed by atoms with Crippen molar-refractivity contribution in [1.29, 1.82) is 0 Å². The number of amides is 1. The summed E-state index contributed by atoms with van der Waals surface area (Å²) in [6, 6.07) is 0.198. The van der Waals surface area contributed by atoms with Crippen LogP contribution in [0.4, 0.5) is 4.79 Å². The van der Waals surface area contributed by atoms with Gasteiger partial charge in [-0.2, -0.15) is 5.10 Å². The lowest BCUT2D eigenvalue weighted by Gasteiger charge is -2.49. The normalized spacial score (nSPS) is 23.1. The average Bonchev–Trinajstić information content (AvgIpc) is 2.96. The summed E-state index contributed by atoms with van der Waals surface area (Å²) in [6.07, 6.45) is 3.75. The van der Waals surface area contributed by atoms with E-state index in [4.69, 9.17) is 4.74 Å². The van der Waals surface area contributed by atoms with Crippen molar-refractivity contribution >= 4 is 6.09 Å². The van der Waals surface area contributed by atoms with Gasteiger partial charge in [0.05, 0.1) is 12.1 Å². The first kappa shape index (κ1) is 16.0. The zero-order valence-electron chi connectivity index (χ0n) is 13.9. The van der Waals surface area contributed by atoms with E-state index in [2.05, 4.69) is 20.5 Å². The minimum atomic E-state index is -0.484. The molecule has 1 aromatic rings. The highest BCUT2D eigenvalue weighted by Crippen LogP contribution is 2.46. The summed E-state index contributed by atoms with van der Waals surface area (Å²) in [5.74, 6) is 0.584. The molecule has 1 unspecified atom stereocenters. The summed E-state index contributed by atoms with van der Waals surface area (Å²) < 4.78 is 5.56. The van der Waals surface area contributed by atoms with Gasteiger partial charge in [-0.1, -0.05) is 0 Å². The van der Waals surface area contributed by atoms with E-state index in [1.54, 1.807) is 0 Å². The molecule has 0 bridgehead atoms. The van der Waals surface area contributed by atoms with Crippen LogP contribution in [0.25, 0.3) is 0 Å². The van der Waals surface area contributed by atoms with Gasteiger partial charge in [0.15, 0.2) is 0 Å². The van der Waals surface area contributed by atoms with Crippen molar-refractivity contribution in [3.63, 3.8) is 0 Å². The number of hydrogen-bond donors (Lipinski definition) is 3. The van der Waals surface area contributed by atoms with E-state index in [1.807, 2.05) is 25.7 Å². The molecule has 128 valence electrons. The second-order valence-electron chi connectivity index (χ2n) is 7.44. The number of aromatic amines is 2. The number of nitrogens with one attached hydrogen (secondary N) is 3. The summed E-state index contributed by atoms with van der Waals surface area (Å²) in [4.78, 5) is 28.1. The maximum atomic E-state index is 12.5. The van der Waals surface area contributed by atoms with Gasteiger partial charge in [0.25, 0.3) is 0 Å². The fourth-order valence-electron chi connectivity index (χ4n) is 3.59. The lowest BCUT2D eigenvalue weighted by molar-refractivity contribution is -0.0166. The Bertz CT molecular complexity index is 626. The Kier molecular flexibility index (Phi) is 3.95. The van der Waals surface area contributed by atoms with Gasteiger partial charge in [-0.05, 0) is 46.5 Å². The van der Waals surface area contributed by atoms with Crippen LogP contribution in [0.15, 0.2) is 4.79 Å². The first-order valence-corrected chi connectivity index (χ1v) is 8.18. The Labute approximate surface area is 135 Å². The Morgan fingerprint density at radius 1 is 1.48 bits per heavy atom. The first-order valence-electron chi connectivity index (χ1n) is 8.18. The van der Waals surface area contributed by atoms with Gasteiger partial charge in [0.2, 0.25) is 0 Å². The SMILES string of the molecule is CC(C)(C)OC(=O)N1CCC(NCc2n[nH]c(=O)[nH]2)C12CCC2. The molecule has 1 amide bonds. The fraction of sp³-hybridized carbons (Fsp3) is 0.800. The van der Waals surface area contributed by atoms with Crippen molar-refractivity contribution in [2.24, 2.45) is 0 Å². The Hall–Kier alpha value is -1.83. The number of hydrogen-bond acceptors (Lipinski definition) is 5. The molecule has 1 saturated carbocycles. The van der Waals surface area contributed by atoms with Gasteiger partial charge in [-0.25, -0.2) is 14.7 Å². The molecule has 2 heterocycles. The molecule has 3 N–H and O–H groups in total. The topological polar surface area (TPSA) is 103 Å². The van der Waals surface area contributed by atoms with Crippen molar-refractivity contribution in [2.45, 2.75) is 70.2 Å². The van der Waals surface area contributed by atoms with Gasteiger partial charge >= 0.3 is 11.8 Å². The Balaban J connectivity index is 1.66. The summed E-state index contributed by atoms with van der Waals surface area (Å²) >= 11 is 0. The van der Waals surface area contributed by atoms with Crippen molar-refractivity contribution < 1.29 is 9.53 Å². The van der Waals surface area contributed by atoms with E-state index in [9.17, 15) is 9.59 Å². The second-order valence-corrected chi connectivity index (χ2v) is 7.44. The second kappa shape index (κ2) is 5.67. The minimum Gasteiger partial charge on any atom is -0.444 e. The van der Waals surface area contributed by atoms with Gasteiger partial charge in [0, 0.05) is 12.6 Å². The molecular weight excluding hydrogens is 298 g/mol. The van der Waals surface area contributed by atoms with E-state index >= 15 is 0 Å². The molecule has 0 radical (unpaired) electrons. The smallest absolute Gasteiger partial charge is 0.410 e. The molecule has 1 saturated heterocycles. The molecule has 1 aliphatic carbocycles. The molecule has 8 heteroatoms. The number of carbonyl (C=O) groups is 1. The van der Waals surface area contributed by atoms with Crippen LogP contribution in [0.3, 0.4) is 0 Å².